The molecule has 1 aliphatic rings. The van der Waals surface area contributed by atoms with Crippen molar-refractivity contribution in [3.63, 3.8) is 0 Å². The summed E-state index contributed by atoms with van der Waals surface area (Å²) in [5.74, 6) is 0.759. The average molecular weight is 343 g/mol. The molecule has 124 valence electrons. The SMILES string of the molecule is Cc1nc(C)c(C(=O)N[C@H]2CCN(c3nccn4cnnc34)C2)s1. The maximum atomic E-state index is 12.4. The molecule has 4 heterocycles. The Morgan fingerprint density at radius 3 is 3.08 bits per heavy atom. The van der Waals surface area contributed by atoms with Gasteiger partial charge in [0.15, 0.2) is 5.82 Å². The Morgan fingerprint density at radius 2 is 2.29 bits per heavy atom. The van der Waals surface area contributed by atoms with E-state index in [1.807, 2.05) is 24.4 Å². The highest BCUT2D eigenvalue weighted by Gasteiger charge is 2.27. The van der Waals surface area contributed by atoms with Crippen molar-refractivity contribution in [2.75, 3.05) is 18.0 Å². The molecule has 1 amide bonds. The van der Waals surface area contributed by atoms with Crippen LogP contribution in [0.4, 0.5) is 5.82 Å². The molecule has 0 aliphatic carbocycles. The van der Waals surface area contributed by atoms with Crippen LogP contribution in [0.25, 0.3) is 5.65 Å². The summed E-state index contributed by atoms with van der Waals surface area (Å²) in [6.07, 6.45) is 6.09. The molecule has 24 heavy (non-hydrogen) atoms. The molecule has 1 atom stereocenters. The van der Waals surface area contributed by atoms with Crippen LogP contribution in [-0.2, 0) is 0 Å². The van der Waals surface area contributed by atoms with Crippen molar-refractivity contribution < 1.29 is 4.79 Å². The van der Waals surface area contributed by atoms with Gasteiger partial charge in [-0.1, -0.05) is 0 Å². The van der Waals surface area contributed by atoms with Gasteiger partial charge in [0.25, 0.3) is 5.91 Å². The van der Waals surface area contributed by atoms with E-state index < -0.39 is 0 Å². The highest BCUT2D eigenvalue weighted by Crippen LogP contribution is 2.22. The Labute approximate surface area is 142 Å². The molecule has 1 fully saturated rings. The highest BCUT2D eigenvalue weighted by atomic mass is 32.1. The predicted molar refractivity (Wildman–Crippen MR) is 90.5 cm³/mol. The normalized spacial score (nSPS) is 17.6. The van der Waals surface area contributed by atoms with Gasteiger partial charge in [-0.3, -0.25) is 9.20 Å². The van der Waals surface area contributed by atoms with E-state index in [1.165, 1.54) is 11.3 Å². The summed E-state index contributed by atoms with van der Waals surface area (Å²) in [6, 6.07) is 0.0873. The van der Waals surface area contributed by atoms with E-state index in [2.05, 4.69) is 30.4 Å². The van der Waals surface area contributed by atoms with E-state index in [0.29, 0.717) is 11.4 Å². The zero-order chi connectivity index (χ0) is 16.7. The molecular weight excluding hydrogens is 326 g/mol. The molecule has 1 N–H and O–H groups in total. The maximum absolute atomic E-state index is 12.4. The van der Waals surface area contributed by atoms with Gasteiger partial charge in [0.2, 0.25) is 5.65 Å². The van der Waals surface area contributed by atoms with E-state index in [-0.39, 0.29) is 11.9 Å². The molecule has 3 aromatic rings. The standard InChI is InChI=1S/C15H17N7OS/c1-9-12(24-10(2)18-9)15(23)19-11-3-5-21(7-11)13-14-20-17-8-22(14)6-4-16-13/h4,6,8,11H,3,5,7H2,1-2H3,(H,19,23)/t11-/m0/s1. The third-order valence-corrected chi connectivity index (χ3v) is 5.20. The first-order valence-corrected chi connectivity index (χ1v) is 8.57. The lowest BCUT2D eigenvalue weighted by Crippen LogP contribution is -2.37. The lowest BCUT2D eigenvalue weighted by atomic mass is 10.2. The zero-order valence-electron chi connectivity index (χ0n) is 13.4. The molecule has 0 bridgehead atoms. The lowest BCUT2D eigenvalue weighted by Gasteiger charge is -2.18. The highest BCUT2D eigenvalue weighted by molar-refractivity contribution is 7.13. The van der Waals surface area contributed by atoms with E-state index in [9.17, 15) is 4.79 Å². The van der Waals surface area contributed by atoms with E-state index in [4.69, 9.17) is 0 Å². The van der Waals surface area contributed by atoms with Crippen molar-refractivity contribution >= 4 is 28.7 Å². The van der Waals surface area contributed by atoms with E-state index in [1.54, 1.807) is 12.5 Å². The summed E-state index contributed by atoms with van der Waals surface area (Å²) in [7, 11) is 0. The molecule has 3 aromatic heterocycles. The molecule has 1 aliphatic heterocycles. The van der Waals surface area contributed by atoms with Crippen molar-refractivity contribution in [2.45, 2.75) is 26.3 Å². The summed E-state index contributed by atoms with van der Waals surface area (Å²) >= 11 is 1.44. The van der Waals surface area contributed by atoms with Gasteiger partial charge >= 0.3 is 0 Å². The topological polar surface area (TPSA) is 88.3 Å². The predicted octanol–water partition coefficient (Wildman–Crippen LogP) is 1.21. The number of hydrogen-bond donors (Lipinski definition) is 1. The smallest absolute Gasteiger partial charge is 0.263 e. The summed E-state index contributed by atoms with van der Waals surface area (Å²) in [5, 5.41) is 12.1. The monoisotopic (exact) mass is 343 g/mol. The van der Waals surface area contributed by atoms with Gasteiger partial charge in [0, 0.05) is 31.5 Å². The van der Waals surface area contributed by atoms with Gasteiger partial charge in [-0.05, 0) is 20.3 Å². The minimum Gasteiger partial charge on any atom is -0.351 e. The van der Waals surface area contributed by atoms with Gasteiger partial charge in [-0.15, -0.1) is 21.5 Å². The average Bonchev–Trinajstić information content (AvgIpc) is 3.26. The van der Waals surface area contributed by atoms with E-state index in [0.717, 1.165) is 35.1 Å². The number of carbonyl (C=O) groups excluding carboxylic acids is 1. The van der Waals surface area contributed by atoms with Crippen molar-refractivity contribution in [3.8, 4) is 0 Å². The van der Waals surface area contributed by atoms with Crippen LogP contribution in [0.2, 0.25) is 0 Å². The number of aryl methyl sites for hydroxylation is 2. The minimum absolute atomic E-state index is 0.0430. The molecule has 0 unspecified atom stereocenters. The van der Waals surface area contributed by atoms with Crippen molar-refractivity contribution in [1.29, 1.82) is 0 Å². The second kappa shape index (κ2) is 5.82. The van der Waals surface area contributed by atoms with Crippen LogP contribution >= 0.6 is 11.3 Å². The fourth-order valence-electron chi connectivity index (χ4n) is 3.03. The second-order valence-corrected chi connectivity index (χ2v) is 7.07. The number of fused-ring (bicyclic) bond motifs is 1. The molecule has 0 radical (unpaired) electrons. The van der Waals surface area contributed by atoms with E-state index >= 15 is 0 Å². The third-order valence-electron chi connectivity index (χ3n) is 4.13. The Balaban J connectivity index is 1.48. The number of hydrogen-bond acceptors (Lipinski definition) is 7. The number of carbonyl (C=O) groups is 1. The van der Waals surface area contributed by atoms with Gasteiger partial charge in [0.1, 0.15) is 11.2 Å². The number of nitrogens with zero attached hydrogens (tertiary/aromatic N) is 6. The molecular formula is C15H17N7OS. The van der Waals surface area contributed by atoms with Gasteiger partial charge in [0.05, 0.1) is 10.7 Å². The first kappa shape index (κ1) is 15.0. The first-order chi connectivity index (χ1) is 11.6. The van der Waals surface area contributed by atoms with Gasteiger partial charge in [-0.2, -0.15) is 0 Å². The van der Waals surface area contributed by atoms with Crippen LogP contribution in [0.15, 0.2) is 18.7 Å². The van der Waals surface area contributed by atoms with Gasteiger partial charge < -0.3 is 10.2 Å². The number of rotatable bonds is 3. The van der Waals surface area contributed by atoms with Crippen LogP contribution in [0.3, 0.4) is 0 Å². The fraction of sp³-hybridized carbons (Fsp3) is 0.400. The number of nitrogens with one attached hydrogen (secondary N) is 1. The molecule has 0 saturated carbocycles. The Hall–Kier alpha value is -2.55. The molecule has 8 nitrogen and oxygen atoms in total. The molecule has 0 spiro atoms. The summed E-state index contributed by atoms with van der Waals surface area (Å²) in [4.78, 5) is 24.0. The maximum Gasteiger partial charge on any atom is 0.263 e. The van der Waals surface area contributed by atoms with Crippen LogP contribution in [0.5, 0.6) is 0 Å². The number of anilines is 1. The zero-order valence-corrected chi connectivity index (χ0v) is 14.2. The lowest BCUT2D eigenvalue weighted by molar-refractivity contribution is 0.0943. The number of aromatic nitrogens is 5. The second-order valence-electron chi connectivity index (χ2n) is 5.87. The van der Waals surface area contributed by atoms with Crippen LogP contribution in [0, 0.1) is 13.8 Å². The van der Waals surface area contributed by atoms with Crippen LogP contribution in [-0.4, -0.2) is 49.6 Å². The minimum atomic E-state index is -0.0430. The molecule has 9 heteroatoms. The Bertz CT molecular complexity index is 902. The summed E-state index contributed by atoms with van der Waals surface area (Å²) in [5.41, 5.74) is 1.53. The largest absolute Gasteiger partial charge is 0.351 e. The molecule has 0 aromatic carbocycles. The Morgan fingerprint density at radius 1 is 1.42 bits per heavy atom. The summed E-state index contributed by atoms with van der Waals surface area (Å²) in [6.45, 7) is 5.32. The van der Waals surface area contributed by atoms with Crippen molar-refractivity contribution in [3.05, 3.63) is 34.3 Å². The van der Waals surface area contributed by atoms with Crippen molar-refractivity contribution in [2.24, 2.45) is 0 Å². The third kappa shape index (κ3) is 2.60. The number of amides is 1. The van der Waals surface area contributed by atoms with Crippen LogP contribution < -0.4 is 10.2 Å². The Kier molecular flexibility index (Phi) is 3.64. The summed E-state index contributed by atoms with van der Waals surface area (Å²) < 4.78 is 1.84. The first-order valence-electron chi connectivity index (χ1n) is 7.76. The van der Waals surface area contributed by atoms with Crippen LogP contribution in [0.1, 0.15) is 26.8 Å². The van der Waals surface area contributed by atoms with Gasteiger partial charge in [-0.25, -0.2) is 9.97 Å². The fourth-order valence-corrected chi connectivity index (χ4v) is 3.85. The molecule has 4 rings (SSSR count). The van der Waals surface area contributed by atoms with Crippen molar-refractivity contribution in [1.82, 2.24) is 29.9 Å². The quantitative estimate of drug-likeness (QED) is 0.769. The molecule has 1 saturated heterocycles. The number of thiazole rings is 1.